The predicted octanol–water partition coefficient (Wildman–Crippen LogP) is 5.54. The van der Waals surface area contributed by atoms with E-state index in [0.29, 0.717) is 11.7 Å². The van der Waals surface area contributed by atoms with E-state index in [0.717, 1.165) is 22.6 Å². The van der Waals surface area contributed by atoms with Gasteiger partial charge in [0.15, 0.2) is 5.76 Å². The summed E-state index contributed by atoms with van der Waals surface area (Å²) in [6.45, 7) is 6.59. The van der Waals surface area contributed by atoms with E-state index >= 15 is 0 Å². The van der Waals surface area contributed by atoms with Crippen LogP contribution in [0.1, 0.15) is 47.2 Å². The number of carbonyl (C=O) groups is 1. The lowest BCUT2D eigenvalue weighted by atomic mass is 10.0. The second-order valence-electron chi connectivity index (χ2n) is 6.57. The fourth-order valence-corrected chi connectivity index (χ4v) is 2.68. The van der Waals surface area contributed by atoms with Crippen LogP contribution in [-0.4, -0.2) is 5.91 Å². The second kappa shape index (κ2) is 7.91. The Morgan fingerprint density at radius 1 is 1.08 bits per heavy atom. The summed E-state index contributed by atoms with van der Waals surface area (Å²) in [6.07, 6.45) is 0. The third-order valence-corrected chi connectivity index (χ3v) is 4.08. The SMILES string of the molecule is Cc1ccc(C(C)C)c(OCc2ccc(C(=O)Nc3ccccc3)o2)c1. The molecule has 0 aliphatic carbocycles. The number of amides is 1. The van der Waals surface area contributed by atoms with E-state index in [2.05, 4.69) is 31.3 Å². The average molecular weight is 349 g/mol. The quantitative estimate of drug-likeness (QED) is 0.635. The Kier molecular flexibility index (Phi) is 5.42. The largest absolute Gasteiger partial charge is 0.485 e. The summed E-state index contributed by atoms with van der Waals surface area (Å²) in [7, 11) is 0. The number of furan rings is 1. The van der Waals surface area contributed by atoms with Gasteiger partial charge in [-0.1, -0.05) is 44.2 Å². The Balaban J connectivity index is 1.66. The molecule has 4 heteroatoms. The molecule has 3 aromatic rings. The summed E-state index contributed by atoms with van der Waals surface area (Å²) in [5.74, 6) is 1.82. The molecule has 1 N–H and O–H groups in total. The lowest BCUT2D eigenvalue weighted by molar-refractivity contribution is 0.0992. The van der Waals surface area contributed by atoms with E-state index in [1.165, 1.54) is 0 Å². The van der Waals surface area contributed by atoms with Crippen LogP contribution < -0.4 is 10.1 Å². The molecule has 0 radical (unpaired) electrons. The number of nitrogens with one attached hydrogen (secondary N) is 1. The van der Waals surface area contributed by atoms with Crippen LogP contribution in [0.5, 0.6) is 5.75 Å². The molecule has 134 valence electrons. The number of hydrogen-bond acceptors (Lipinski definition) is 3. The summed E-state index contributed by atoms with van der Waals surface area (Å²) in [4.78, 5) is 12.2. The third kappa shape index (κ3) is 4.33. The highest BCUT2D eigenvalue weighted by atomic mass is 16.5. The van der Waals surface area contributed by atoms with Crippen LogP contribution in [0.3, 0.4) is 0 Å². The molecule has 2 aromatic carbocycles. The summed E-state index contributed by atoms with van der Waals surface area (Å²) in [5, 5.41) is 2.80. The zero-order chi connectivity index (χ0) is 18.5. The summed E-state index contributed by atoms with van der Waals surface area (Å²) >= 11 is 0. The van der Waals surface area contributed by atoms with Crippen LogP contribution in [0.2, 0.25) is 0 Å². The first-order chi connectivity index (χ1) is 12.5. The van der Waals surface area contributed by atoms with E-state index in [1.54, 1.807) is 12.1 Å². The van der Waals surface area contributed by atoms with E-state index in [-0.39, 0.29) is 18.3 Å². The molecule has 4 nitrogen and oxygen atoms in total. The molecular weight excluding hydrogens is 326 g/mol. The number of carbonyl (C=O) groups excluding carboxylic acids is 1. The van der Waals surface area contributed by atoms with Gasteiger partial charge in [0.2, 0.25) is 0 Å². The highest BCUT2D eigenvalue weighted by molar-refractivity contribution is 6.02. The Labute approximate surface area is 153 Å². The first kappa shape index (κ1) is 17.8. The van der Waals surface area contributed by atoms with Crippen molar-refractivity contribution in [1.29, 1.82) is 0 Å². The lowest BCUT2D eigenvalue weighted by Gasteiger charge is -2.14. The lowest BCUT2D eigenvalue weighted by Crippen LogP contribution is -2.10. The molecule has 0 fully saturated rings. The van der Waals surface area contributed by atoms with Crippen molar-refractivity contribution in [2.24, 2.45) is 0 Å². The van der Waals surface area contributed by atoms with Crippen LogP contribution in [0.15, 0.2) is 65.1 Å². The normalized spacial score (nSPS) is 10.8. The Morgan fingerprint density at radius 2 is 1.85 bits per heavy atom. The Morgan fingerprint density at radius 3 is 2.58 bits per heavy atom. The van der Waals surface area contributed by atoms with Gasteiger partial charge in [-0.05, 0) is 54.3 Å². The second-order valence-corrected chi connectivity index (χ2v) is 6.57. The number of para-hydroxylation sites is 1. The van der Waals surface area contributed by atoms with Gasteiger partial charge in [-0.3, -0.25) is 4.79 Å². The Bertz CT molecular complexity index is 881. The molecule has 0 saturated carbocycles. The minimum atomic E-state index is -0.277. The molecule has 0 unspecified atom stereocenters. The highest BCUT2D eigenvalue weighted by Crippen LogP contribution is 2.28. The van der Waals surface area contributed by atoms with Crippen molar-refractivity contribution in [3.63, 3.8) is 0 Å². The van der Waals surface area contributed by atoms with Crippen LogP contribution in [0.25, 0.3) is 0 Å². The summed E-state index contributed by atoms with van der Waals surface area (Å²) in [6, 6.07) is 18.9. The first-order valence-electron chi connectivity index (χ1n) is 8.71. The number of anilines is 1. The molecular formula is C22H23NO3. The molecule has 0 aliphatic heterocycles. The maximum absolute atomic E-state index is 12.2. The zero-order valence-corrected chi connectivity index (χ0v) is 15.3. The van der Waals surface area contributed by atoms with Crippen molar-refractivity contribution >= 4 is 11.6 Å². The molecule has 0 atom stereocenters. The first-order valence-corrected chi connectivity index (χ1v) is 8.71. The molecule has 26 heavy (non-hydrogen) atoms. The van der Waals surface area contributed by atoms with Crippen molar-refractivity contribution in [3.05, 3.63) is 83.3 Å². The van der Waals surface area contributed by atoms with Gasteiger partial charge in [-0.25, -0.2) is 0 Å². The summed E-state index contributed by atoms with van der Waals surface area (Å²) < 4.78 is 11.6. The Hall–Kier alpha value is -3.01. The average Bonchev–Trinajstić information content (AvgIpc) is 3.10. The molecule has 0 aliphatic rings. The molecule has 3 rings (SSSR count). The molecule has 0 spiro atoms. The van der Waals surface area contributed by atoms with E-state index in [9.17, 15) is 4.79 Å². The number of ether oxygens (including phenoxy) is 1. The van der Waals surface area contributed by atoms with E-state index < -0.39 is 0 Å². The van der Waals surface area contributed by atoms with Gasteiger partial charge in [0.25, 0.3) is 5.91 Å². The monoisotopic (exact) mass is 349 g/mol. The maximum atomic E-state index is 12.2. The standard InChI is InChI=1S/C22H23NO3/c1-15(2)19-11-9-16(3)13-21(19)25-14-18-10-12-20(26-18)22(24)23-17-7-5-4-6-8-17/h4-13,15H,14H2,1-3H3,(H,23,24). The van der Waals surface area contributed by atoms with Crippen molar-refractivity contribution < 1.29 is 13.9 Å². The van der Waals surface area contributed by atoms with Crippen LogP contribution in [-0.2, 0) is 6.61 Å². The van der Waals surface area contributed by atoms with Gasteiger partial charge in [0.1, 0.15) is 18.1 Å². The highest BCUT2D eigenvalue weighted by Gasteiger charge is 2.13. The van der Waals surface area contributed by atoms with Gasteiger partial charge in [0, 0.05) is 5.69 Å². The molecule has 1 aromatic heterocycles. The van der Waals surface area contributed by atoms with Crippen molar-refractivity contribution in [3.8, 4) is 5.75 Å². The van der Waals surface area contributed by atoms with Gasteiger partial charge in [-0.15, -0.1) is 0 Å². The third-order valence-electron chi connectivity index (χ3n) is 4.08. The number of rotatable bonds is 6. The van der Waals surface area contributed by atoms with Gasteiger partial charge in [-0.2, -0.15) is 0 Å². The van der Waals surface area contributed by atoms with Crippen molar-refractivity contribution in [2.75, 3.05) is 5.32 Å². The van der Waals surface area contributed by atoms with E-state index in [4.69, 9.17) is 9.15 Å². The number of hydrogen-bond donors (Lipinski definition) is 1. The maximum Gasteiger partial charge on any atom is 0.291 e. The van der Waals surface area contributed by atoms with Crippen LogP contribution in [0.4, 0.5) is 5.69 Å². The molecule has 0 bridgehead atoms. The molecule has 0 saturated heterocycles. The topological polar surface area (TPSA) is 51.5 Å². The van der Waals surface area contributed by atoms with Gasteiger partial charge < -0.3 is 14.5 Å². The fraction of sp³-hybridized carbons (Fsp3) is 0.227. The smallest absolute Gasteiger partial charge is 0.291 e. The zero-order valence-electron chi connectivity index (χ0n) is 15.3. The minimum absolute atomic E-state index is 0.265. The molecule has 1 heterocycles. The summed E-state index contributed by atoms with van der Waals surface area (Å²) in [5.41, 5.74) is 3.03. The predicted molar refractivity (Wildman–Crippen MR) is 103 cm³/mol. The fourth-order valence-electron chi connectivity index (χ4n) is 2.68. The van der Waals surface area contributed by atoms with Crippen molar-refractivity contribution in [2.45, 2.75) is 33.3 Å². The van der Waals surface area contributed by atoms with E-state index in [1.807, 2.05) is 43.3 Å². The van der Waals surface area contributed by atoms with Gasteiger partial charge >= 0.3 is 0 Å². The minimum Gasteiger partial charge on any atom is -0.485 e. The molecule has 1 amide bonds. The van der Waals surface area contributed by atoms with Crippen molar-refractivity contribution in [1.82, 2.24) is 0 Å². The number of aryl methyl sites for hydroxylation is 1. The van der Waals surface area contributed by atoms with Crippen LogP contribution in [0, 0.1) is 6.92 Å². The van der Waals surface area contributed by atoms with Crippen LogP contribution >= 0.6 is 0 Å². The number of benzene rings is 2. The van der Waals surface area contributed by atoms with Gasteiger partial charge in [0.05, 0.1) is 0 Å².